The molecule has 5 nitrogen and oxygen atoms in total. The molecule has 0 aliphatic rings. The Hall–Kier alpha value is -1.62. The molecule has 15 heavy (non-hydrogen) atoms. The normalized spacial score (nSPS) is 12.9. The zero-order valence-electron chi connectivity index (χ0n) is 8.61. The van der Waals surface area contributed by atoms with Gasteiger partial charge in [0.05, 0.1) is 37.2 Å². The number of hydrogen-bond acceptors (Lipinski definition) is 3. The first kappa shape index (κ1) is 9.92. The van der Waals surface area contributed by atoms with Crippen molar-refractivity contribution < 1.29 is 5.11 Å². The van der Waals surface area contributed by atoms with Crippen LogP contribution in [0.15, 0.2) is 31.2 Å². The topological polar surface area (TPSA) is 55.9 Å². The Balaban J connectivity index is 2.11. The van der Waals surface area contributed by atoms with Crippen LogP contribution >= 0.6 is 0 Å². The van der Waals surface area contributed by atoms with Crippen molar-refractivity contribution in [3.8, 4) is 0 Å². The molecule has 2 heterocycles. The van der Waals surface area contributed by atoms with Gasteiger partial charge in [-0.05, 0) is 6.92 Å². The molecular weight excluding hydrogens is 192 g/mol. The van der Waals surface area contributed by atoms with Gasteiger partial charge >= 0.3 is 0 Å². The summed E-state index contributed by atoms with van der Waals surface area (Å²) in [6, 6.07) is 0.254. The zero-order valence-corrected chi connectivity index (χ0v) is 8.61. The van der Waals surface area contributed by atoms with Crippen molar-refractivity contribution >= 4 is 0 Å². The van der Waals surface area contributed by atoms with Crippen molar-refractivity contribution in [1.82, 2.24) is 19.1 Å². The SMILES string of the molecule is CC(Cn1ccnc1)n1cncc1CO. The fraction of sp³-hybridized carbons (Fsp3) is 0.400. The molecule has 2 rings (SSSR count). The Morgan fingerprint density at radius 2 is 2.27 bits per heavy atom. The third-order valence-corrected chi connectivity index (χ3v) is 2.42. The zero-order chi connectivity index (χ0) is 10.7. The molecule has 0 aromatic carbocycles. The third kappa shape index (κ3) is 2.07. The smallest absolute Gasteiger partial charge is 0.0952 e. The minimum Gasteiger partial charge on any atom is -0.390 e. The lowest BCUT2D eigenvalue weighted by molar-refractivity contribution is 0.265. The van der Waals surface area contributed by atoms with Gasteiger partial charge in [-0.3, -0.25) is 0 Å². The molecule has 0 fully saturated rings. The third-order valence-electron chi connectivity index (χ3n) is 2.42. The predicted molar refractivity (Wildman–Crippen MR) is 55.1 cm³/mol. The molecule has 2 aromatic heterocycles. The molecule has 0 aliphatic heterocycles. The number of hydrogen-bond donors (Lipinski definition) is 1. The minimum absolute atomic E-state index is 0.0221. The van der Waals surface area contributed by atoms with Gasteiger partial charge in [0.2, 0.25) is 0 Å². The fourth-order valence-electron chi connectivity index (χ4n) is 1.64. The number of nitrogens with zero attached hydrogens (tertiary/aromatic N) is 4. The lowest BCUT2D eigenvalue weighted by Crippen LogP contribution is -2.13. The Morgan fingerprint density at radius 3 is 2.93 bits per heavy atom. The van der Waals surface area contributed by atoms with Crippen LogP contribution in [0.4, 0.5) is 0 Å². The summed E-state index contributed by atoms with van der Waals surface area (Å²) >= 11 is 0. The monoisotopic (exact) mass is 206 g/mol. The van der Waals surface area contributed by atoms with E-state index in [4.69, 9.17) is 5.11 Å². The van der Waals surface area contributed by atoms with E-state index in [2.05, 4.69) is 16.9 Å². The van der Waals surface area contributed by atoms with E-state index in [1.807, 2.05) is 15.3 Å². The molecule has 0 spiro atoms. The molecule has 0 radical (unpaired) electrons. The van der Waals surface area contributed by atoms with Crippen LogP contribution in [0.25, 0.3) is 0 Å². The lowest BCUT2D eigenvalue weighted by atomic mass is 10.3. The van der Waals surface area contributed by atoms with E-state index in [0.717, 1.165) is 12.2 Å². The minimum atomic E-state index is 0.0221. The van der Waals surface area contributed by atoms with E-state index < -0.39 is 0 Å². The van der Waals surface area contributed by atoms with E-state index >= 15 is 0 Å². The van der Waals surface area contributed by atoms with Crippen molar-refractivity contribution in [2.24, 2.45) is 0 Å². The van der Waals surface area contributed by atoms with Crippen LogP contribution < -0.4 is 0 Å². The van der Waals surface area contributed by atoms with Gasteiger partial charge in [-0.1, -0.05) is 0 Å². The van der Waals surface area contributed by atoms with Crippen LogP contribution in [0.1, 0.15) is 18.7 Å². The second-order valence-corrected chi connectivity index (χ2v) is 3.56. The van der Waals surface area contributed by atoms with E-state index in [1.165, 1.54) is 0 Å². The van der Waals surface area contributed by atoms with Crippen molar-refractivity contribution in [1.29, 1.82) is 0 Å². The van der Waals surface area contributed by atoms with Crippen molar-refractivity contribution in [2.45, 2.75) is 26.1 Å². The fourth-order valence-corrected chi connectivity index (χ4v) is 1.64. The van der Waals surface area contributed by atoms with Crippen LogP contribution in [-0.2, 0) is 13.2 Å². The molecule has 0 bridgehead atoms. The number of aliphatic hydroxyl groups excluding tert-OH is 1. The van der Waals surface area contributed by atoms with Crippen molar-refractivity contribution in [3.05, 3.63) is 36.9 Å². The first-order valence-electron chi connectivity index (χ1n) is 4.88. The molecule has 0 aliphatic carbocycles. The predicted octanol–water partition coefficient (Wildman–Crippen LogP) is 0.833. The second kappa shape index (κ2) is 4.27. The van der Waals surface area contributed by atoms with Gasteiger partial charge in [0.15, 0.2) is 0 Å². The number of aliphatic hydroxyl groups is 1. The quantitative estimate of drug-likeness (QED) is 0.806. The van der Waals surface area contributed by atoms with E-state index in [-0.39, 0.29) is 12.6 Å². The average Bonchev–Trinajstić information content (AvgIpc) is 2.86. The highest BCUT2D eigenvalue weighted by molar-refractivity contribution is 4.98. The Morgan fingerprint density at radius 1 is 1.40 bits per heavy atom. The van der Waals surface area contributed by atoms with Crippen molar-refractivity contribution in [2.75, 3.05) is 0 Å². The van der Waals surface area contributed by atoms with Gasteiger partial charge < -0.3 is 14.2 Å². The van der Waals surface area contributed by atoms with Gasteiger partial charge in [-0.25, -0.2) is 9.97 Å². The van der Waals surface area contributed by atoms with E-state index in [0.29, 0.717) is 0 Å². The van der Waals surface area contributed by atoms with E-state index in [1.54, 1.807) is 25.0 Å². The highest BCUT2D eigenvalue weighted by Gasteiger charge is 2.08. The first-order chi connectivity index (χ1) is 7.31. The van der Waals surface area contributed by atoms with Crippen LogP contribution in [-0.4, -0.2) is 24.2 Å². The lowest BCUT2D eigenvalue weighted by Gasteiger charge is -2.16. The van der Waals surface area contributed by atoms with Gasteiger partial charge in [0.25, 0.3) is 0 Å². The molecule has 5 heteroatoms. The Kier molecular flexibility index (Phi) is 2.82. The molecular formula is C10H14N4O. The number of aromatic nitrogens is 4. The number of rotatable bonds is 4. The highest BCUT2D eigenvalue weighted by atomic mass is 16.3. The van der Waals surface area contributed by atoms with Gasteiger partial charge in [-0.2, -0.15) is 0 Å². The summed E-state index contributed by atoms with van der Waals surface area (Å²) in [6.45, 7) is 2.93. The first-order valence-corrected chi connectivity index (χ1v) is 4.88. The summed E-state index contributed by atoms with van der Waals surface area (Å²) in [5, 5.41) is 9.10. The van der Waals surface area contributed by atoms with Crippen LogP contribution in [0.5, 0.6) is 0 Å². The molecule has 1 N–H and O–H groups in total. The standard InChI is InChI=1S/C10H14N4O/c1-9(5-13-3-2-11-7-13)14-8-12-4-10(14)6-15/h2-4,7-9,15H,5-6H2,1H3. The molecule has 1 unspecified atom stereocenters. The maximum Gasteiger partial charge on any atom is 0.0952 e. The maximum absolute atomic E-state index is 9.10. The van der Waals surface area contributed by atoms with Crippen LogP contribution in [0, 0.1) is 0 Å². The summed E-state index contributed by atoms with van der Waals surface area (Å²) < 4.78 is 3.98. The highest BCUT2D eigenvalue weighted by Crippen LogP contribution is 2.12. The van der Waals surface area contributed by atoms with Crippen LogP contribution in [0.3, 0.4) is 0 Å². The van der Waals surface area contributed by atoms with Crippen molar-refractivity contribution in [3.63, 3.8) is 0 Å². The van der Waals surface area contributed by atoms with Crippen LogP contribution in [0.2, 0.25) is 0 Å². The summed E-state index contributed by atoms with van der Waals surface area (Å²) in [5.74, 6) is 0. The molecule has 0 saturated heterocycles. The van der Waals surface area contributed by atoms with Gasteiger partial charge in [0.1, 0.15) is 0 Å². The summed E-state index contributed by atoms with van der Waals surface area (Å²) in [4.78, 5) is 8.01. The largest absolute Gasteiger partial charge is 0.390 e. The second-order valence-electron chi connectivity index (χ2n) is 3.56. The summed E-state index contributed by atoms with van der Waals surface area (Å²) in [6.07, 6.45) is 8.89. The molecule has 2 aromatic rings. The Labute approximate surface area is 88.0 Å². The van der Waals surface area contributed by atoms with Gasteiger partial charge in [-0.15, -0.1) is 0 Å². The molecule has 80 valence electrons. The average molecular weight is 206 g/mol. The summed E-state index contributed by atoms with van der Waals surface area (Å²) in [7, 11) is 0. The Bertz CT molecular complexity index is 407. The number of imidazole rings is 2. The summed E-state index contributed by atoms with van der Waals surface area (Å²) in [5.41, 5.74) is 0.836. The maximum atomic E-state index is 9.10. The van der Waals surface area contributed by atoms with E-state index in [9.17, 15) is 0 Å². The van der Waals surface area contributed by atoms with Gasteiger partial charge in [0, 0.05) is 18.9 Å². The molecule has 0 saturated carbocycles. The molecule has 1 atom stereocenters. The molecule has 0 amide bonds.